The Morgan fingerprint density at radius 2 is 2.10 bits per heavy atom. The Bertz CT molecular complexity index is 364. The molecular weight excluding hydrogens is 274 g/mol. The van der Waals surface area contributed by atoms with Crippen molar-refractivity contribution in [3.8, 4) is 0 Å². The van der Waals surface area contributed by atoms with Crippen molar-refractivity contribution in [1.82, 2.24) is 10.2 Å². The van der Waals surface area contributed by atoms with E-state index in [1.807, 2.05) is 6.92 Å². The third-order valence-corrected chi connectivity index (χ3v) is 5.36. The number of carbonyl (C=O) groups is 2. The minimum absolute atomic E-state index is 0.00199. The lowest BCUT2D eigenvalue weighted by Crippen LogP contribution is -2.52. The van der Waals surface area contributed by atoms with Crippen LogP contribution in [0, 0.1) is 5.92 Å². The molecule has 5 nitrogen and oxygen atoms in total. The third kappa shape index (κ3) is 3.47. The topological polar surface area (TPSA) is 75.4 Å². The van der Waals surface area contributed by atoms with Crippen LogP contribution in [0.25, 0.3) is 0 Å². The van der Waals surface area contributed by atoms with Crippen LogP contribution in [0.1, 0.15) is 39.0 Å². The highest BCUT2D eigenvalue weighted by Gasteiger charge is 2.36. The Balaban J connectivity index is 1.94. The Morgan fingerprint density at radius 1 is 1.35 bits per heavy atom. The van der Waals surface area contributed by atoms with Crippen LogP contribution in [0.3, 0.4) is 0 Å². The lowest BCUT2D eigenvalue weighted by molar-refractivity contribution is -0.138. The Labute approximate surface area is 125 Å². The molecule has 1 saturated heterocycles. The lowest BCUT2D eigenvalue weighted by Gasteiger charge is -2.33. The van der Waals surface area contributed by atoms with Gasteiger partial charge in [0.05, 0.1) is 5.88 Å². The molecule has 2 amide bonds. The molecule has 2 aliphatic rings. The molecule has 0 bridgehead atoms. The van der Waals surface area contributed by atoms with E-state index in [0.29, 0.717) is 30.5 Å². The van der Waals surface area contributed by atoms with Crippen molar-refractivity contribution in [3.05, 3.63) is 0 Å². The number of nitrogens with two attached hydrogens (primary N) is 1. The molecule has 3 atom stereocenters. The first-order valence-electron chi connectivity index (χ1n) is 7.55. The van der Waals surface area contributed by atoms with Crippen molar-refractivity contribution in [3.63, 3.8) is 0 Å². The van der Waals surface area contributed by atoms with E-state index in [9.17, 15) is 9.59 Å². The monoisotopic (exact) mass is 299 g/mol. The standard InChI is InChI=1S/C14H25N3O2S/c1-2-13(18)17-9-20-8-12(17)14(19)16-11-6-4-3-5-10(11)7-15/h10-12H,2-9,15H2,1H3,(H,16,19). The number of hydrogen-bond acceptors (Lipinski definition) is 4. The van der Waals surface area contributed by atoms with Crippen LogP contribution in [0.2, 0.25) is 0 Å². The van der Waals surface area contributed by atoms with Gasteiger partial charge in [-0.05, 0) is 25.3 Å². The molecule has 1 saturated carbocycles. The van der Waals surface area contributed by atoms with E-state index < -0.39 is 0 Å². The normalized spacial score (nSPS) is 30.3. The molecule has 2 fully saturated rings. The summed E-state index contributed by atoms with van der Waals surface area (Å²) in [5, 5.41) is 3.14. The molecular formula is C14H25N3O2S. The zero-order valence-electron chi connectivity index (χ0n) is 12.1. The smallest absolute Gasteiger partial charge is 0.243 e. The zero-order valence-corrected chi connectivity index (χ0v) is 13.0. The molecule has 114 valence electrons. The number of nitrogens with zero attached hydrogens (tertiary/aromatic N) is 1. The first-order valence-corrected chi connectivity index (χ1v) is 8.70. The zero-order chi connectivity index (χ0) is 14.5. The average Bonchev–Trinajstić information content (AvgIpc) is 2.96. The number of thioether (sulfide) groups is 1. The van der Waals surface area contributed by atoms with E-state index in [-0.39, 0.29) is 23.9 Å². The molecule has 0 aromatic heterocycles. The first-order chi connectivity index (χ1) is 9.67. The van der Waals surface area contributed by atoms with E-state index in [1.165, 1.54) is 6.42 Å². The molecule has 2 rings (SSSR count). The van der Waals surface area contributed by atoms with Crippen LogP contribution in [0.4, 0.5) is 0 Å². The van der Waals surface area contributed by atoms with Gasteiger partial charge in [0.1, 0.15) is 6.04 Å². The van der Waals surface area contributed by atoms with Gasteiger partial charge in [-0.1, -0.05) is 19.8 Å². The summed E-state index contributed by atoms with van der Waals surface area (Å²) in [5.41, 5.74) is 5.80. The Hall–Kier alpha value is -0.750. The maximum atomic E-state index is 12.4. The van der Waals surface area contributed by atoms with Gasteiger partial charge in [-0.25, -0.2) is 0 Å². The summed E-state index contributed by atoms with van der Waals surface area (Å²) in [5.74, 6) is 1.79. The molecule has 1 aliphatic carbocycles. The fraction of sp³-hybridized carbons (Fsp3) is 0.857. The molecule has 0 radical (unpaired) electrons. The van der Waals surface area contributed by atoms with Crippen LogP contribution in [-0.4, -0.2) is 47.0 Å². The minimum atomic E-state index is -0.298. The highest BCUT2D eigenvalue weighted by Crippen LogP contribution is 2.25. The largest absolute Gasteiger partial charge is 0.351 e. The fourth-order valence-corrected chi connectivity index (χ4v) is 4.25. The van der Waals surface area contributed by atoms with E-state index in [1.54, 1.807) is 16.7 Å². The van der Waals surface area contributed by atoms with E-state index >= 15 is 0 Å². The van der Waals surface area contributed by atoms with Gasteiger partial charge in [0.2, 0.25) is 11.8 Å². The highest BCUT2D eigenvalue weighted by molar-refractivity contribution is 7.99. The van der Waals surface area contributed by atoms with E-state index in [4.69, 9.17) is 5.73 Å². The van der Waals surface area contributed by atoms with E-state index in [0.717, 1.165) is 19.3 Å². The van der Waals surface area contributed by atoms with Gasteiger partial charge in [0.15, 0.2) is 0 Å². The molecule has 1 heterocycles. The summed E-state index contributed by atoms with van der Waals surface area (Å²) in [6.07, 6.45) is 4.92. The van der Waals surface area contributed by atoms with Crippen LogP contribution in [-0.2, 0) is 9.59 Å². The second-order valence-corrected chi connectivity index (χ2v) is 6.63. The summed E-state index contributed by atoms with van der Waals surface area (Å²) >= 11 is 1.65. The van der Waals surface area contributed by atoms with Crippen molar-refractivity contribution >= 4 is 23.6 Å². The molecule has 0 aromatic rings. The van der Waals surface area contributed by atoms with Crippen molar-refractivity contribution < 1.29 is 9.59 Å². The van der Waals surface area contributed by atoms with Crippen molar-refractivity contribution in [2.24, 2.45) is 11.7 Å². The quantitative estimate of drug-likeness (QED) is 0.810. The van der Waals surface area contributed by atoms with Gasteiger partial charge >= 0.3 is 0 Å². The number of carbonyl (C=O) groups excluding carboxylic acids is 2. The first kappa shape index (κ1) is 15.6. The molecule has 1 aliphatic heterocycles. The van der Waals surface area contributed by atoms with Gasteiger partial charge in [-0.3, -0.25) is 9.59 Å². The molecule has 3 unspecified atom stereocenters. The molecule has 0 spiro atoms. The van der Waals surface area contributed by atoms with Gasteiger partial charge in [-0.2, -0.15) is 0 Å². The third-order valence-electron chi connectivity index (χ3n) is 4.35. The maximum absolute atomic E-state index is 12.4. The Morgan fingerprint density at radius 3 is 2.80 bits per heavy atom. The van der Waals surface area contributed by atoms with Gasteiger partial charge < -0.3 is 16.0 Å². The number of rotatable bonds is 4. The van der Waals surface area contributed by atoms with Crippen molar-refractivity contribution in [2.75, 3.05) is 18.2 Å². The fourth-order valence-electron chi connectivity index (χ4n) is 3.07. The van der Waals surface area contributed by atoms with Crippen LogP contribution in [0.15, 0.2) is 0 Å². The SMILES string of the molecule is CCC(=O)N1CSCC1C(=O)NC1CCCCC1CN. The number of nitrogens with one attached hydrogen (secondary N) is 1. The minimum Gasteiger partial charge on any atom is -0.351 e. The van der Waals surface area contributed by atoms with Gasteiger partial charge in [-0.15, -0.1) is 11.8 Å². The molecule has 0 aromatic carbocycles. The van der Waals surface area contributed by atoms with Gasteiger partial charge in [0, 0.05) is 18.2 Å². The lowest BCUT2D eigenvalue weighted by atomic mass is 9.84. The van der Waals surface area contributed by atoms with Gasteiger partial charge in [0.25, 0.3) is 0 Å². The number of amides is 2. The molecule has 6 heteroatoms. The molecule has 3 N–H and O–H groups in total. The van der Waals surface area contributed by atoms with Crippen molar-refractivity contribution in [2.45, 2.75) is 51.1 Å². The predicted octanol–water partition coefficient (Wildman–Crippen LogP) is 0.932. The average molecular weight is 299 g/mol. The summed E-state index contributed by atoms with van der Waals surface area (Å²) < 4.78 is 0. The maximum Gasteiger partial charge on any atom is 0.243 e. The summed E-state index contributed by atoms with van der Waals surface area (Å²) in [6, 6.07) is -0.113. The number of hydrogen-bond donors (Lipinski definition) is 2. The van der Waals surface area contributed by atoms with Crippen LogP contribution < -0.4 is 11.1 Å². The second-order valence-electron chi connectivity index (χ2n) is 5.63. The second kappa shape index (κ2) is 7.31. The van der Waals surface area contributed by atoms with E-state index in [2.05, 4.69) is 5.32 Å². The highest BCUT2D eigenvalue weighted by atomic mass is 32.2. The summed E-state index contributed by atoms with van der Waals surface area (Å²) in [7, 11) is 0. The van der Waals surface area contributed by atoms with Crippen LogP contribution in [0.5, 0.6) is 0 Å². The van der Waals surface area contributed by atoms with Crippen LogP contribution >= 0.6 is 11.8 Å². The predicted molar refractivity (Wildman–Crippen MR) is 81.2 cm³/mol. The summed E-state index contributed by atoms with van der Waals surface area (Å²) in [6.45, 7) is 2.47. The Kier molecular flexibility index (Phi) is 5.72. The van der Waals surface area contributed by atoms with Crippen molar-refractivity contribution in [1.29, 1.82) is 0 Å². The summed E-state index contributed by atoms with van der Waals surface area (Å²) in [4.78, 5) is 26.0. The molecule has 20 heavy (non-hydrogen) atoms.